The number of rotatable bonds is 4. The minimum atomic E-state index is -3.13. The first-order chi connectivity index (χ1) is 9.69. The summed E-state index contributed by atoms with van der Waals surface area (Å²) in [4.78, 5) is 13.4. The van der Waals surface area contributed by atoms with E-state index in [0.717, 1.165) is 6.26 Å². The Morgan fingerprint density at radius 1 is 1.38 bits per heavy atom. The Morgan fingerprint density at radius 3 is 2.67 bits per heavy atom. The van der Waals surface area contributed by atoms with Crippen molar-refractivity contribution >= 4 is 38.9 Å². The molecule has 0 saturated carbocycles. The highest BCUT2D eigenvalue weighted by Gasteiger charge is 2.34. The van der Waals surface area contributed by atoms with Crippen LogP contribution < -0.4 is 0 Å². The van der Waals surface area contributed by atoms with Crippen LogP contribution in [0.25, 0.3) is 0 Å². The Bertz CT molecular complexity index is 675. The van der Waals surface area contributed by atoms with Crippen LogP contribution in [0, 0.1) is 0 Å². The smallest absolute Gasteiger partial charge is 0.223 e. The Kier molecular flexibility index (Phi) is 4.70. The summed E-state index contributed by atoms with van der Waals surface area (Å²) in [6, 6.07) is 2.92. The van der Waals surface area contributed by atoms with Crippen molar-refractivity contribution in [2.45, 2.75) is 12.3 Å². The van der Waals surface area contributed by atoms with E-state index < -0.39 is 9.84 Å². The molecule has 0 radical (unpaired) electrons. The molecule has 0 spiro atoms. The average Bonchev–Trinajstić information content (AvgIpc) is 2.72. The van der Waals surface area contributed by atoms with Gasteiger partial charge < -0.3 is 10.0 Å². The normalized spacial score (nSPS) is 19.3. The van der Waals surface area contributed by atoms with Crippen molar-refractivity contribution < 1.29 is 18.3 Å². The second kappa shape index (κ2) is 6.02. The number of nitrogens with zero attached hydrogens (tertiary/aromatic N) is 1. The zero-order valence-electron chi connectivity index (χ0n) is 11.3. The van der Waals surface area contributed by atoms with E-state index in [9.17, 15) is 18.3 Å². The van der Waals surface area contributed by atoms with Crippen molar-refractivity contribution in [1.29, 1.82) is 0 Å². The number of benzene rings is 1. The fourth-order valence-corrected chi connectivity index (χ4v) is 3.43. The predicted octanol–water partition coefficient (Wildman–Crippen LogP) is 2.06. The third-order valence-electron chi connectivity index (χ3n) is 3.46. The van der Waals surface area contributed by atoms with Crippen LogP contribution >= 0.6 is 23.2 Å². The van der Waals surface area contributed by atoms with E-state index in [4.69, 9.17) is 23.2 Å². The van der Waals surface area contributed by atoms with Gasteiger partial charge in [0.25, 0.3) is 0 Å². The largest absolute Gasteiger partial charge is 0.508 e. The van der Waals surface area contributed by atoms with Crippen molar-refractivity contribution in [3.8, 4) is 5.75 Å². The van der Waals surface area contributed by atoms with E-state index in [1.165, 1.54) is 17.0 Å². The molecule has 1 fully saturated rings. The maximum atomic E-state index is 12.0. The molecule has 1 aliphatic rings. The molecule has 8 heteroatoms. The molecule has 0 bridgehead atoms. The molecule has 0 unspecified atom stereocenters. The monoisotopic (exact) mass is 351 g/mol. The predicted molar refractivity (Wildman–Crippen MR) is 81.8 cm³/mol. The van der Waals surface area contributed by atoms with Crippen LogP contribution in [0.2, 0.25) is 10.0 Å². The number of aromatic hydroxyl groups is 1. The van der Waals surface area contributed by atoms with Gasteiger partial charge in [-0.3, -0.25) is 4.79 Å². The first-order valence-corrected chi connectivity index (χ1v) is 9.13. The Hall–Kier alpha value is -0.980. The lowest BCUT2D eigenvalue weighted by Gasteiger charge is -2.17. The molecule has 0 aromatic heterocycles. The van der Waals surface area contributed by atoms with Gasteiger partial charge >= 0.3 is 0 Å². The third-order valence-corrected chi connectivity index (χ3v) is 5.21. The molecular weight excluding hydrogens is 337 g/mol. The van der Waals surface area contributed by atoms with Gasteiger partial charge in [0.1, 0.15) is 15.6 Å². The van der Waals surface area contributed by atoms with Crippen LogP contribution in [-0.4, -0.2) is 49.4 Å². The summed E-state index contributed by atoms with van der Waals surface area (Å²) < 4.78 is 22.4. The average molecular weight is 352 g/mol. The summed E-state index contributed by atoms with van der Waals surface area (Å²) in [6.45, 7) is 0.467. The van der Waals surface area contributed by atoms with Gasteiger partial charge in [-0.15, -0.1) is 0 Å². The molecule has 1 atom stereocenters. The minimum absolute atomic E-state index is 0.00726. The van der Waals surface area contributed by atoms with E-state index in [0.29, 0.717) is 17.1 Å². The summed E-state index contributed by atoms with van der Waals surface area (Å²) in [6.07, 6.45) is 1.31. The number of phenols is 1. The fourth-order valence-electron chi connectivity index (χ4n) is 2.40. The van der Waals surface area contributed by atoms with Crippen LogP contribution in [0.5, 0.6) is 5.75 Å². The lowest BCUT2D eigenvalue weighted by molar-refractivity contribution is -0.127. The first kappa shape index (κ1) is 16.4. The van der Waals surface area contributed by atoms with Gasteiger partial charge in [-0.05, 0) is 12.1 Å². The Morgan fingerprint density at radius 2 is 2.05 bits per heavy atom. The molecular formula is C13H15Cl2NO4S. The maximum absolute atomic E-state index is 12.0. The molecule has 2 rings (SSSR count). The fraction of sp³-hybridized carbons (Fsp3) is 0.462. The van der Waals surface area contributed by atoms with Crippen LogP contribution in [0.15, 0.2) is 12.1 Å². The van der Waals surface area contributed by atoms with E-state index in [-0.39, 0.29) is 41.3 Å². The van der Waals surface area contributed by atoms with Gasteiger partial charge in [-0.2, -0.15) is 0 Å². The summed E-state index contributed by atoms with van der Waals surface area (Å²) in [7, 11) is -3.13. The number of carbonyl (C=O) groups excluding carboxylic acids is 1. The molecule has 21 heavy (non-hydrogen) atoms. The minimum Gasteiger partial charge on any atom is -0.508 e. The highest BCUT2D eigenvalue weighted by atomic mass is 35.5. The van der Waals surface area contributed by atoms with Crippen LogP contribution in [0.1, 0.15) is 17.9 Å². The van der Waals surface area contributed by atoms with Crippen molar-refractivity contribution in [2.24, 2.45) is 0 Å². The molecule has 1 heterocycles. The van der Waals surface area contributed by atoms with Gasteiger partial charge in [0.2, 0.25) is 5.91 Å². The zero-order valence-corrected chi connectivity index (χ0v) is 13.7. The topological polar surface area (TPSA) is 74.7 Å². The van der Waals surface area contributed by atoms with E-state index in [1.807, 2.05) is 0 Å². The standard InChI is InChI=1S/C13H15Cl2NO4S/c1-21(19,20)5-4-16-7-8(6-11(16)18)12-10(17)3-2-9(14)13(12)15/h2-3,8,17H,4-7H2,1H3/t8-/m1/s1. The van der Waals surface area contributed by atoms with Crippen molar-refractivity contribution in [1.82, 2.24) is 4.90 Å². The summed E-state index contributed by atoms with van der Waals surface area (Å²) >= 11 is 12.0. The number of carbonyl (C=O) groups is 1. The van der Waals surface area contributed by atoms with E-state index in [1.54, 1.807) is 0 Å². The van der Waals surface area contributed by atoms with Crippen molar-refractivity contribution in [3.63, 3.8) is 0 Å². The van der Waals surface area contributed by atoms with Gasteiger partial charge in [-0.1, -0.05) is 23.2 Å². The quantitative estimate of drug-likeness (QED) is 0.900. The summed E-state index contributed by atoms with van der Waals surface area (Å²) in [5.74, 6) is -0.532. The van der Waals surface area contributed by atoms with Crippen LogP contribution in [0.3, 0.4) is 0 Å². The number of likely N-dealkylation sites (tertiary alicyclic amines) is 1. The Labute approximate surface area is 133 Å². The molecule has 1 N–H and O–H groups in total. The van der Waals surface area contributed by atoms with Gasteiger partial charge in [0.15, 0.2) is 0 Å². The third kappa shape index (κ3) is 3.81. The van der Waals surface area contributed by atoms with E-state index in [2.05, 4.69) is 0 Å². The highest BCUT2D eigenvalue weighted by Crippen LogP contribution is 2.41. The SMILES string of the molecule is CS(=O)(=O)CCN1C[C@H](c2c(O)ccc(Cl)c2Cl)CC1=O. The molecule has 1 saturated heterocycles. The molecule has 1 aliphatic heterocycles. The highest BCUT2D eigenvalue weighted by molar-refractivity contribution is 7.90. The second-order valence-corrected chi connectivity index (χ2v) is 8.21. The summed E-state index contributed by atoms with van der Waals surface area (Å²) in [5.41, 5.74) is 0.444. The molecule has 5 nitrogen and oxygen atoms in total. The Balaban J connectivity index is 2.18. The maximum Gasteiger partial charge on any atom is 0.223 e. The number of sulfone groups is 1. The van der Waals surface area contributed by atoms with Gasteiger partial charge in [0, 0.05) is 37.2 Å². The second-order valence-electron chi connectivity index (χ2n) is 5.16. The van der Waals surface area contributed by atoms with Crippen molar-refractivity contribution in [3.05, 3.63) is 27.7 Å². The number of halogens is 2. The number of amides is 1. The van der Waals surface area contributed by atoms with E-state index >= 15 is 0 Å². The van der Waals surface area contributed by atoms with Crippen LogP contribution in [0.4, 0.5) is 0 Å². The van der Waals surface area contributed by atoms with Crippen molar-refractivity contribution in [2.75, 3.05) is 25.1 Å². The first-order valence-electron chi connectivity index (χ1n) is 6.31. The molecule has 1 aromatic rings. The van der Waals surface area contributed by atoms with Crippen LogP contribution in [-0.2, 0) is 14.6 Å². The molecule has 1 aromatic carbocycles. The summed E-state index contributed by atoms with van der Waals surface area (Å²) in [5, 5.41) is 10.5. The van der Waals surface area contributed by atoms with Gasteiger partial charge in [-0.25, -0.2) is 8.42 Å². The number of phenolic OH excluding ortho intramolecular Hbond substituents is 1. The molecule has 1 amide bonds. The molecule has 116 valence electrons. The zero-order chi connectivity index (χ0) is 15.8. The molecule has 0 aliphatic carbocycles. The van der Waals surface area contributed by atoms with Gasteiger partial charge in [0.05, 0.1) is 15.8 Å². The number of hydrogen-bond acceptors (Lipinski definition) is 4. The number of hydrogen-bond donors (Lipinski definition) is 1. The lowest BCUT2D eigenvalue weighted by Crippen LogP contribution is -2.30. The lowest BCUT2D eigenvalue weighted by atomic mass is 9.97.